The van der Waals surface area contributed by atoms with Crippen molar-refractivity contribution in [2.24, 2.45) is 0 Å². The molecule has 33 heavy (non-hydrogen) atoms. The number of para-hydroxylation sites is 1. The largest absolute Gasteiger partial charge is 0.463 e. The number of aromatic nitrogens is 4. The summed E-state index contributed by atoms with van der Waals surface area (Å²) < 4.78 is 5.76. The van der Waals surface area contributed by atoms with E-state index in [0.717, 1.165) is 62.2 Å². The average Bonchev–Trinajstić information content (AvgIpc) is 2.84. The van der Waals surface area contributed by atoms with Crippen LogP contribution < -0.4 is 15.2 Å². The molecule has 4 aromatic rings. The summed E-state index contributed by atoms with van der Waals surface area (Å²) in [6.45, 7) is 7.61. The molecule has 0 aliphatic carbocycles. The number of aromatic amines is 1. The first-order valence-corrected chi connectivity index (χ1v) is 11.5. The lowest BCUT2D eigenvalue weighted by Gasteiger charge is -2.36. The van der Waals surface area contributed by atoms with Gasteiger partial charge in [0.2, 0.25) is 5.56 Å². The van der Waals surface area contributed by atoms with Crippen LogP contribution >= 0.6 is 0 Å². The van der Waals surface area contributed by atoms with E-state index in [9.17, 15) is 4.79 Å². The van der Waals surface area contributed by atoms with E-state index in [1.54, 1.807) is 6.07 Å². The first-order chi connectivity index (χ1) is 16.2. The number of benzene rings is 1. The lowest BCUT2D eigenvalue weighted by Crippen LogP contribution is -2.46. The molecule has 0 radical (unpaired) electrons. The number of nitrogens with zero attached hydrogens (tertiary/aromatic N) is 5. The SMILES string of the molecule is Cc1nc(OCCCCN2CCN(c3cccc4cccnc34)CC2)nc2[nH]c(=O)ccc12. The fourth-order valence-corrected chi connectivity index (χ4v) is 4.39. The lowest BCUT2D eigenvalue weighted by atomic mass is 10.1. The van der Waals surface area contributed by atoms with Gasteiger partial charge in [0.25, 0.3) is 0 Å². The van der Waals surface area contributed by atoms with Gasteiger partial charge in [-0.15, -0.1) is 0 Å². The van der Waals surface area contributed by atoms with Crippen molar-refractivity contribution in [3.8, 4) is 6.01 Å². The van der Waals surface area contributed by atoms with Crippen LogP contribution in [0.3, 0.4) is 0 Å². The van der Waals surface area contributed by atoms with Crippen LogP contribution in [-0.4, -0.2) is 64.2 Å². The zero-order chi connectivity index (χ0) is 22.6. The summed E-state index contributed by atoms with van der Waals surface area (Å²) in [5, 5.41) is 2.02. The van der Waals surface area contributed by atoms with Crippen LogP contribution in [0.2, 0.25) is 0 Å². The molecular formula is C25H28N6O2. The van der Waals surface area contributed by atoms with Crippen molar-refractivity contribution in [3.63, 3.8) is 0 Å². The quantitative estimate of drug-likeness (QED) is 0.438. The molecule has 1 aliphatic heterocycles. The average molecular weight is 445 g/mol. The Morgan fingerprint density at radius 2 is 1.85 bits per heavy atom. The normalized spacial score (nSPS) is 14.8. The summed E-state index contributed by atoms with van der Waals surface area (Å²) in [6, 6.07) is 14.1. The molecule has 170 valence electrons. The number of hydrogen-bond donors (Lipinski definition) is 1. The molecule has 0 unspecified atom stereocenters. The van der Waals surface area contributed by atoms with Crippen LogP contribution in [0.15, 0.2) is 53.5 Å². The predicted molar refractivity (Wildman–Crippen MR) is 130 cm³/mol. The molecule has 0 saturated carbocycles. The van der Waals surface area contributed by atoms with Crippen molar-refractivity contribution in [1.29, 1.82) is 0 Å². The zero-order valence-corrected chi connectivity index (χ0v) is 18.8. The molecule has 0 atom stereocenters. The number of rotatable bonds is 7. The third kappa shape index (κ3) is 4.80. The highest BCUT2D eigenvalue weighted by Crippen LogP contribution is 2.25. The molecule has 3 aromatic heterocycles. The second kappa shape index (κ2) is 9.54. The van der Waals surface area contributed by atoms with E-state index in [1.165, 1.54) is 17.1 Å². The van der Waals surface area contributed by atoms with Crippen molar-refractivity contribution in [2.75, 3.05) is 44.2 Å². The van der Waals surface area contributed by atoms with Gasteiger partial charge in [-0.1, -0.05) is 18.2 Å². The molecular weight excluding hydrogens is 416 g/mol. The Morgan fingerprint density at radius 1 is 1.00 bits per heavy atom. The van der Waals surface area contributed by atoms with Crippen molar-refractivity contribution in [2.45, 2.75) is 19.8 Å². The Hall–Kier alpha value is -3.52. The second-order valence-corrected chi connectivity index (χ2v) is 8.41. The molecule has 1 N–H and O–H groups in total. The van der Waals surface area contributed by atoms with Crippen molar-refractivity contribution in [3.05, 3.63) is 64.7 Å². The van der Waals surface area contributed by atoms with E-state index in [0.29, 0.717) is 18.3 Å². The Bertz CT molecular complexity index is 1310. The van der Waals surface area contributed by atoms with E-state index in [2.05, 4.69) is 54.0 Å². The summed E-state index contributed by atoms with van der Waals surface area (Å²) in [7, 11) is 0. The maximum atomic E-state index is 11.5. The van der Waals surface area contributed by atoms with Gasteiger partial charge in [-0.25, -0.2) is 0 Å². The Kier molecular flexibility index (Phi) is 6.17. The van der Waals surface area contributed by atoms with Crippen LogP contribution in [-0.2, 0) is 0 Å². The van der Waals surface area contributed by atoms with E-state index in [1.807, 2.05) is 19.2 Å². The number of nitrogens with one attached hydrogen (secondary N) is 1. The highest BCUT2D eigenvalue weighted by atomic mass is 16.5. The Morgan fingerprint density at radius 3 is 2.73 bits per heavy atom. The molecule has 1 fully saturated rings. The van der Waals surface area contributed by atoms with E-state index in [-0.39, 0.29) is 5.56 Å². The number of fused-ring (bicyclic) bond motifs is 2. The number of pyridine rings is 2. The number of H-pyrrole nitrogens is 1. The minimum atomic E-state index is -0.177. The second-order valence-electron chi connectivity index (χ2n) is 8.41. The summed E-state index contributed by atoms with van der Waals surface area (Å²) in [5.41, 5.74) is 3.45. The molecule has 4 heterocycles. The number of hydrogen-bond acceptors (Lipinski definition) is 7. The van der Waals surface area contributed by atoms with Gasteiger partial charge in [0, 0.05) is 49.2 Å². The third-order valence-electron chi connectivity index (χ3n) is 6.18. The molecule has 8 nitrogen and oxygen atoms in total. The van der Waals surface area contributed by atoms with Gasteiger partial charge in [-0.2, -0.15) is 9.97 Å². The summed E-state index contributed by atoms with van der Waals surface area (Å²) in [5.74, 6) is 0. The van der Waals surface area contributed by atoms with Gasteiger partial charge in [0.05, 0.1) is 23.5 Å². The highest BCUT2D eigenvalue weighted by molar-refractivity contribution is 5.90. The Balaban J connectivity index is 1.08. The smallest absolute Gasteiger partial charge is 0.318 e. The Labute approximate surface area is 192 Å². The topological polar surface area (TPSA) is 87.2 Å². The van der Waals surface area contributed by atoms with Crippen LogP contribution in [0.25, 0.3) is 21.9 Å². The van der Waals surface area contributed by atoms with Gasteiger partial charge in [0.15, 0.2) is 0 Å². The molecule has 8 heteroatoms. The molecule has 5 rings (SSSR count). The maximum absolute atomic E-state index is 11.5. The zero-order valence-electron chi connectivity index (χ0n) is 18.8. The van der Waals surface area contributed by atoms with Crippen molar-refractivity contribution < 1.29 is 4.74 Å². The van der Waals surface area contributed by atoms with Crippen LogP contribution in [0, 0.1) is 6.92 Å². The number of aryl methyl sites for hydroxylation is 1. The predicted octanol–water partition coefficient (Wildman–Crippen LogP) is 3.16. The molecule has 1 aliphatic rings. The van der Waals surface area contributed by atoms with Crippen LogP contribution in [0.1, 0.15) is 18.5 Å². The monoisotopic (exact) mass is 444 g/mol. The number of unbranched alkanes of at least 4 members (excludes halogenated alkanes) is 1. The molecule has 1 aromatic carbocycles. The molecule has 0 spiro atoms. The van der Waals surface area contributed by atoms with Gasteiger partial charge < -0.3 is 14.6 Å². The van der Waals surface area contributed by atoms with Gasteiger partial charge in [-0.3, -0.25) is 14.7 Å². The standard InChI is InChI=1S/C25H28N6O2/c1-18-20-9-10-22(32)28-24(20)29-25(27-18)33-17-3-2-12-30-13-15-31(16-14-30)21-8-4-6-19-7-5-11-26-23(19)21/h4-11H,2-3,12-17H2,1H3,(H,27,28,29,32). The minimum Gasteiger partial charge on any atom is -0.463 e. The lowest BCUT2D eigenvalue weighted by molar-refractivity contribution is 0.234. The van der Waals surface area contributed by atoms with E-state index in [4.69, 9.17) is 4.74 Å². The number of piperazine rings is 1. The summed E-state index contributed by atoms with van der Waals surface area (Å²) in [4.78, 5) is 32.6. The molecule has 0 bridgehead atoms. The first-order valence-electron chi connectivity index (χ1n) is 11.5. The van der Waals surface area contributed by atoms with Gasteiger partial charge >= 0.3 is 6.01 Å². The van der Waals surface area contributed by atoms with E-state index >= 15 is 0 Å². The van der Waals surface area contributed by atoms with Gasteiger partial charge in [0.1, 0.15) is 5.65 Å². The molecule has 0 amide bonds. The first kappa shape index (κ1) is 21.3. The fraction of sp³-hybridized carbons (Fsp3) is 0.360. The summed E-state index contributed by atoms with van der Waals surface area (Å²) >= 11 is 0. The van der Waals surface area contributed by atoms with Crippen LogP contribution in [0.4, 0.5) is 5.69 Å². The number of anilines is 1. The van der Waals surface area contributed by atoms with Crippen molar-refractivity contribution >= 4 is 27.6 Å². The maximum Gasteiger partial charge on any atom is 0.318 e. The van der Waals surface area contributed by atoms with Crippen molar-refractivity contribution in [1.82, 2.24) is 24.8 Å². The molecule has 1 saturated heterocycles. The van der Waals surface area contributed by atoms with Crippen LogP contribution in [0.5, 0.6) is 6.01 Å². The third-order valence-corrected chi connectivity index (χ3v) is 6.18. The van der Waals surface area contributed by atoms with E-state index < -0.39 is 0 Å². The summed E-state index contributed by atoms with van der Waals surface area (Å²) in [6.07, 6.45) is 3.85. The minimum absolute atomic E-state index is 0.177. The van der Waals surface area contributed by atoms with Gasteiger partial charge in [-0.05, 0) is 44.5 Å². The fourth-order valence-electron chi connectivity index (χ4n) is 4.39. The highest BCUT2D eigenvalue weighted by Gasteiger charge is 2.18. The number of ether oxygens (including phenoxy) is 1.